The molecule has 1 aromatic heterocycles. The molecule has 3 amide bonds. The highest BCUT2D eigenvalue weighted by molar-refractivity contribution is 6.01. The number of anilines is 1. The number of urea groups is 1. The first kappa shape index (κ1) is 12.3. The molecular weight excluding hydrogens is 232 g/mol. The van der Waals surface area contributed by atoms with Gasteiger partial charge >= 0.3 is 6.03 Å². The Morgan fingerprint density at radius 2 is 2.22 bits per heavy atom. The molecule has 0 saturated carbocycles. The fourth-order valence-corrected chi connectivity index (χ4v) is 1.89. The van der Waals surface area contributed by atoms with Crippen molar-refractivity contribution in [2.24, 2.45) is 0 Å². The molecule has 18 heavy (non-hydrogen) atoms. The lowest BCUT2D eigenvalue weighted by Crippen LogP contribution is -2.31. The Bertz CT molecular complexity index is 475. The van der Waals surface area contributed by atoms with Gasteiger partial charge in [0.2, 0.25) is 0 Å². The minimum Gasteiger partial charge on any atom is -0.370 e. The van der Waals surface area contributed by atoms with E-state index >= 15 is 0 Å². The molecule has 1 aromatic rings. The standard InChI is InChI=1S/C12H16N4O2/c1-3-13-11-9(5-4-6-14-11)7-16-10(17)8-15(2)12(16)18/h4-6H,3,7-8H2,1-2H3,(H,13,14). The Morgan fingerprint density at radius 3 is 2.83 bits per heavy atom. The van der Waals surface area contributed by atoms with Crippen LogP contribution in [0.1, 0.15) is 12.5 Å². The lowest BCUT2D eigenvalue weighted by Gasteiger charge is -2.16. The van der Waals surface area contributed by atoms with Crippen molar-refractivity contribution in [3.05, 3.63) is 23.9 Å². The van der Waals surface area contributed by atoms with Crippen LogP contribution < -0.4 is 5.32 Å². The summed E-state index contributed by atoms with van der Waals surface area (Å²) in [5.41, 5.74) is 0.844. The van der Waals surface area contributed by atoms with Gasteiger partial charge in [-0.15, -0.1) is 0 Å². The number of amides is 3. The highest BCUT2D eigenvalue weighted by Crippen LogP contribution is 2.17. The number of carbonyl (C=O) groups excluding carboxylic acids is 2. The minimum absolute atomic E-state index is 0.148. The third-order valence-electron chi connectivity index (χ3n) is 2.79. The summed E-state index contributed by atoms with van der Waals surface area (Å²) in [6.07, 6.45) is 1.68. The number of pyridine rings is 1. The second kappa shape index (κ2) is 5.03. The van der Waals surface area contributed by atoms with Crippen LogP contribution in [0.2, 0.25) is 0 Å². The third kappa shape index (κ3) is 2.27. The van der Waals surface area contributed by atoms with Gasteiger partial charge in [0.1, 0.15) is 12.4 Å². The average Bonchev–Trinajstić information content (AvgIpc) is 2.59. The van der Waals surface area contributed by atoms with Crippen molar-refractivity contribution in [3.8, 4) is 0 Å². The molecule has 1 aliphatic rings. The van der Waals surface area contributed by atoms with Crippen molar-refractivity contribution in [3.63, 3.8) is 0 Å². The van der Waals surface area contributed by atoms with Gasteiger partial charge in [-0.05, 0) is 13.0 Å². The summed E-state index contributed by atoms with van der Waals surface area (Å²) in [5.74, 6) is 0.545. The number of rotatable bonds is 4. The van der Waals surface area contributed by atoms with E-state index in [4.69, 9.17) is 0 Å². The Kier molecular flexibility index (Phi) is 3.45. The van der Waals surface area contributed by atoms with Crippen LogP contribution in [-0.2, 0) is 11.3 Å². The second-order valence-corrected chi connectivity index (χ2v) is 4.16. The number of imide groups is 1. The zero-order valence-electron chi connectivity index (χ0n) is 10.5. The molecule has 96 valence electrons. The molecule has 2 rings (SSSR count). The van der Waals surface area contributed by atoms with Gasteiger partial charge in [0, 0.05) is 25.4 Å². The van der Waals surface area contributed by atoms with Gasteiger partial charge in [-0.3, -0.25) is 9.69 Å². The van der Waals surface area contributed by atoms with E-state index in [0.717, 1.165) is 17.9 Å². The molecule has 1 aliphatic heterocycles. The zero-order valence-corrected chi connectivity index (χ0v) is 10.5. The van der Waals surface area contributed by atoms with E-state index in [-0.39, 0.29) is 25.0 Å². The zero-order chi connectivity index (χ0) is 13.1. The molecule has 0 aromatic carbocycles. The topological polar surface area (TPSA) is 65.5 Å². The summed E-state index contributed by atoms with van der Waals surface area (Å²) < 4.78 is 0. The lowest BCUT2D eigenvalue weighted by atomic mass is 10.2. The number of hydrogen-bond acceptors (Lipinski definition) is 4. The van der Waals surface area contributed by atoms with E-state index in [2.05, 4.69) is 10.3 Å². The van der Waals surface area contributed by atoms with Crippen molar-refractivity contribution in [1.29, 1.82) is 0 Å². The van der Waals surface area contributed by atoms with E-state index in [0.29, 0.717) is 0 Å². The van der Waals surface area contributed by atoms with E-state index in [1.165, 1.54) is 9.80 Å². The normalized spacial score (nSPS) is 15.4. The monoisotopic (exact) mass is 248 g/mol. The van der Waals surface area contributed by atoms with Gasteiger partial charge in [-0.1, -0.05) is 6.07 Å². The van der Waals surface area contributed by atoms with Crippen LogP contribution in [0.25, 0.3) is 0 Å². The molecule has 0 atom stereocenters. The predicted molar refractivity (Wildman–Crippen MR) is 67.0 cm³/mol. The number of nitrogens with one attached hydrogen (secondary N) is 1. The van der Waals surface area contributed by atoms with E-state index < -0.39 is 0 Å². The number of nitrogens with zero attached hydrogens (tertiary/aromatic N) is 3. The molecule has 1 N–H and O–H groups in total. The SMILES string of the molecule is CCNc1ncccc1CN1C(=O)CN(C)C1=O. The van der Waals surface area contributed by atoms with Crippen molar-refractivity contribution < 1.29 is 9.59 Å². The van der Waals surface area contributed by atoms with Crippen LogP contribution in [0.4, 0.5) is 10.6 Å². The Balaban J connectivity index is 2.19. The van der Waals surface area contributed by atoms with Crippen LogP contribution in [0.15, 0.2) is 18.3 Å². The summed E-state index contributed by atoms with van der Waals surface area (Å²) in [6.45, 7) is 3.12. The second-order valence-electron chi connectivity index (χ2n) is 4.16. The van der Waals surface area contributed by atoms with Crippen molar-refractivity contribution >= 4 is 17.8 Å². The molecular formula is C12H16N4O2. The van der Waals surface area contributed by atoms with Gasteiger partial charge in [-0.2, -0.15) is 0 Å². The number of aromatic nitrogens is 1. The highest BCUT2D eigenvalue weighted by Gasteiger charge is 2.33. The molecule has 0 spiro atoms. The van der Waals surface area contributed by atoms with Crippen molar-refractivity contribution in [2.45, 2.75) is 13.5 Å². The molecule has 0 unspecified atom stereocenters. The Hall–Kier alpha value is -2.11. The Labute approximate surface area is 106 Å². The molecule has 0 aliphatic carbocycles. The molecule has 6 nitrogen and oxygen atoms in total. The summed E-state index contributed by atoms with van der Waals surface area (Å²) >= 11 is 0. The maximum absolute atomic E-state index is 11.8. The van der Waals surface area contributed by atoms with Crippen LogP contribution in [0, 0.1) is 0 Å². The van der Waals surface area contributed by atoms with Crippen molar-refractivity contribution in [1.82, 2.24) is 14.8 Å². The molecule has 1 saturated heterocycles. The van der Waals surface area contributed by atoms with Crippen molar-refractivity contribution in [2.75, 3.05) is 25.5 Å². The van der Waals surface area contributed by atoms with Crippen LogP contribution >= 0.6 is 0 Å². The number of carbonyl (C=O) groups is 2. The van der Waals surface area contributed by atoms with Gasteiger partial charge in [-0.25, -0.2) is 9.78 Å². The highest BCUT2D eigenvalue weighted by atomic mass is 16.2. The van der Waals surface area contributed by atoms with Crippen LogP contribution in [0.5, 0.6) is 0 Å². The van der Waals surface area contributed by atoms with E-state index in [1.807, 2.05) is 13.0 Å². The number of hydrogen-bond donors (Lipinski definition) is 1. The van der Waals surface area contributed by atoms with E-state index in [1.54, 1.807) is 19.3 Å². The maximum atomic E-state index is 11.8. The summed E-state index contributed by atoms with van der Waals surface area (Å²) in [7, 11) is 1.62. The Morgan fingerprint density at radius 1 is 1.44 bits per heavy atom. The van der Waals surface area contributed by atoms with E-state index in [9.17, 15) is 9.59 Å². The van der Waals surface area contributed by atoms with Crippen LogP contribution in [0.3, 0.4) is 0 Å². The fraction of sp³-hybridized carbons (Fsp3) is 0.417. The lowest BCUT2D eigenvalue weighted by molar-refractivity contribution is -0.125. The summed E-state index contributed by atoms with van der Waals surface area (Å²) in [4.78, 5) is 30.3. The summed E-state index contributed by atoms with van der Waals surface area (Å²) in [6, 6.07) is 3.40. The van der Waals surface area contributed by atoms with Gasteiger partial charge < -0.3 is 10.2 Å². The first-order valence-corrected chi connectivity index (χ1v) is 5.86. The summed E-state index contributed by atoms with van der Waals surface area (Å²) in [5, 5.41) is 3.12. The largest absolute Gasteiger partial charge is 0.370 e. The molecule has 0 radical (unpaired) electrons. The minimum atomic E-state index is -0.258. The maximum Gasteiger partial charge on any atom is 0.327 e. The molecule has 2 heterocycles. The molecule has 6 heteroatoms. The number of likely N-dealkylation sites (N-methyl/N-ethyl adjacent to an activating group) is 1. The first-order valence-electron chi connectivity index (χ1n) is 5.86. The average molecular weight is 248 g/mol. The quantitative estimate of drug-likeness (QED) is 0.804. The smallest absolute Gasteiger partial charge is 0.327 e. The third-order valence-corrected chi connectivity index (χ3v) is 2.79. The van der Waals surface area contributed by atoms with Gasteiger partial charge in [0.25, 0.3) is 5.91 Å². The van der Waals surface area contributed by atoms with Crippen LogP contribution in [-0.4, -0.2) is 46.9 Å². The van der Waals surface area contributed by atoms with Gasteiger partial charge in [0.15, 0.2) is 0 Å². The first-order chi connectivity index (χ1) is 8.63. The molecule has 1 fully saturated rings. The predicted octanol–water partition coefficient (Wildman–Crippen LogP) is 0.907. The fourth-order valence-electron chi connectivity index (χ4n) is 1.89. The van der Waals surface area contributed by atoms with Gasteiger partial charge in [0.05, 0.1) is 6.54 Å². The molecule has 0 bridgehead atoms.